The molecule has 0 unspecified atom stereocenters. The highest BCUT2D eigenvalue weighted by atomic mass is 16.1. The molecule has 1 saturated heterocycles. The number of carbonyl (C=O) groups excluding carboxylic acids is 1. The Balaban J connectivity index is 1.42. The van der Waals surface area contributed by atoms with E-state index < -0.39 is 0 Å². The average Bonchev–Trinajstić information content (AvgIpc) is 3.13. The Morgan fingerprint density at radius 2 is 1.79 bits per heavy atom. The van der Waals surface area contributed by atoms with E-state index in [1.54, 1.807) is 0 Å². The van der Waals surface area contributed by atoms with Crippen LogP contribution in [0.2, 0.25) is 0 Å². The number of fused-ring (bicyclic) bond motifs is 1. The van der Waals surface area contributed by atoms with Crippen molar-refractivity contribution in [2.75, 3.05) is 19.6 Å². The van der Waals surface area contributed by atoms with Crippen LogP contribution in [0, 0.1) is 0 Å². The molecule has 0 aliphatic carbocycles. The van der Waals surface area contributed by atoms with E-state index in [0.717, 1.165) is 55.0 Å². The van der Waals surface area contributed by atoms with Crippen molar-refractivity contribution in [1.82, 2.24) is 19.8 Å². The van der Waals surface area contributed by atoms with E-state index >= 15 is 0 Å². The number of amides is 1. The largest absolute Gasteiger partial charge is 0.353 e. The highest BCUT2D eigenvalue weighted by molar-refractivity contribution is 5.79. The van der Waals surface area contributed by atoms with Gasteiger partial charge in [0, 0.05) is 37.7 Å². The molecule has 1 amide bonds. The van der Waals surface area contributed by atoms with E-state index in [2.05, 4.69) is 39.9 Å². The molecule has 1 N–H and O–H groups in total. The first-order valence-corrected chi connectivity index (χ1v) is 10.8. The van der Waals surface area contributed by atoms with Crippen LogP contribution in [0.1, 0.15) is 38.4 Å². The van der Waals surface area contributed by atoms with Gasteiger partial charge in [-0.15, -0.1) is 0 Å². The quantitative estimate of drug-likeness (QED) is 0.665. The van der Waals surface area contributed by atoms with Gasteiger partial charge in [-0.3, -0.25) is 9.36 Å². The number of benzene rings is 2. The van der Waals surface area contributed by atoms with Crippen molar-refractivity contribution < 1.29 is 4.79 Å². The van der Waals surface area contributed by atoms with Crippen LogP contribution in [0.25, 0.3) is 16.7 Å². The van der Waals surface area contributed by atoms with Crippen LogP contribution in [0.5, 0.6) is 0 Å². The van der Waals surface area contributed by atoms with Gasteiger partial charge in [0.15, 0.2) is 0 Å². The lowest BCUT2D eigenvalue weighted by atomic mass is 10.0. The maximum atomic E-state index is 12.6. The minimum atomic E-state index is 0.130. The second-order valence-electron chi connectivity index (χ2n) is 7.87. The predicted molar refractivity (Wildman–Crippen MR) is 117 cm³/mol. The average molecular weight is 391 g/mol. The van der Waals surface area contributed by atoms with Crippen molar-refractivity contribution in [3.63, 3.8) is 0 Å². The number of nitrogens with zero attached hydrogens (tertiary/aromatic N) is 3. The number of aromatic nitrogens is 2. The second-order valence-corrected chi connectivity index (χ2v) is 7.87. The van der Waals surface area contributed by atoms with E-state index in [-0.39, 0.29) is 5.91 Å². The van der Waals surface area contributed by atoms with E-state index in [9.17, 15) is 4.79 Å². The zero-order chi connectivity index (χ0) is 20.1. The Hall–Kier alpha value is -2.66. The summed E-state index contributed by atoms with van der Waals surface area (Å²) >= 11 is 0. The molecule has 29 heavy (non-hydrogen) atoms. The molecule has 0 radical (unpaired) electrons. The highest BCUT2D eigenvalue weighted by Crippen LogP contribution is 2.22. The zero-order valence-electron chi connectivity index (χ0n) is 17.2. The summed E-state index contributed by atoms with van der Waals surface area (Å²) < 4.78 is 2.17. The van der Waals surface area contributed by atoms with Gasteiger partial charge < -0.3 is 10.2 Å². The van der Waals surface area contributed by atoms with Crippen molar-refractivity contribution in [2.24, 2.45) is 0 Å². The molecule has 0 atom stereocenters. The third kappa shape index (κ3) is 4.67. The normalized spacial score (nSPS) is 15.6. The number of rotatable bonds is 7. The summed E-state index contributed by atoms with van der Waals surface area (Å²) in [6, 6.07) is 18.7. The number of hydrogen-bond acceptors (Lipinski definition) is 3. The van der Waals surface area contributed by atoms with Crippen LogP contribution in [0.15, 0.2) is 54.6 Å². The Bertz CT molecular complexity index is 942. The first-order chi connectivity index (χ1) is 14.2. The molecule has 5 nitrogen and oxygen atoms in total. The maximum absolute atomic E-state index is 12.6. The standard InChI is InChI=1S/C24H30N4O/c1-2-16-27-17-14-19(15-18-27)25-24(29)13-12-23-26-21-10-6-7-11-22(21)28(23)20-8-4-3-5-9-20/h3-11,19H,2,12-18H2,1H3,(H,25,29). The van der Waals surface area contributed by atoms with Gasteiger partial charge in [0.1, 0.15) is 5.82 Å². The number of carbonyl (C=O) groups is 1. The summed E-state index contributed by atoms with van der Waals surface area (Å²) in [7, 11) is 0. The minimum absolute atomic E-state index is 0.130. The van der Waals surface area contributed by atoms with Crippen molar-refractivity contribution >= 4 is 16.9 Å². The van der Waals surface area contributed by atoms with Crippen molar-refractivity contribution in [3.05, 3.63) is 60.4 Å². The third-order valence-electron chi connectivity index (χ3n) is 5.71. The van der Waals surface area contributed by atoms with Crippen molar-refractivity contribution in [3.8, 4) is 5.69 Å². The van der Waals surface area contributed by atoms with Crippen LogP contribution < -0.4 is 5.32 Å². The lowest BCUT2D eigenvalue weighted by Gasteiger charge is -2.32. The Labute approximate surface area is 172 Å². The van der Waals surface area contributed by atoms with E-state index in [4.69, 9.17) is 4.98 Å². The van der Waals surface area contributed by atoms with Crippen LogP contribution in [-0.4, -0.2) is 46.0 Å². The second kappa shape index (κ2) is 9.23. The molecule has 2 aromatic carbocycles. The summed E-state index contributed by atoms with van der Waals surface area (Å²) in [5.74, 6) is 1.07. The number of nitrogens with one attached hydrogen (secondary N) is 1. The van der Waals surface area contributed by atoms with Crippen LogP contribution >= 0.6 is 0 Å². The minimum Gasteiger partial charge on any atom is -0.353 e. The summed E-state index contributed by atoms with van der Waals surface area (Å²) in [5.41, 5.74) is 3.13. The number of para-hydroxylation sites is 3. The fraction of sp³-hybridized carbons (Fsp3) is 0.417. The third-order valence-corrected chi connectivity index (χ3v) is 5.71. The summed E-state index contributed by atoms with van der Waals surface area (Å²) in [6.07, 6.45) is 4.39. The number of hydrogen-bond donors (Lipinski definition) is 1. The lowest BCUT2D eigenvalue weighted by molar-refractivity contribution is -0.122. The first kappa shape index (κ1) is 19.6. The molecular weight excluding hydrogens is 360 g/mol. The molecule has 1 fully saturated rings. The summed E-state index contributed by atoms with van der Waals surface area (Å²) in [4.78, 5) is 19.9. The van der Waals surface area contributed by atoms with Gasteiger partial charge in [-0.2, -0.15) is 0 Å². The Kier molecular flexibility index (Phi) is 6.25. The lowest BCUT2D eigenvalue weighted by Crippen LogP contribution is -2.44. The molecule has 1 aromatic heterocycles. The molecule has 0 saturated carbocycles. The van der Waals surface area contributed by atoms with Gasteiger partial charge in [-0.1, -0.05) is 37.3 Å². The van der Waals surface area contributed by atoms with Crippen LogP contribution in [-0.2, 0) is 11.2 Å². The van der Waals surface area contributed by atoms with Gasteiger partial charge >= 0.3 is 0 Å². The van der Waals surface area contributed by atoms with Gasteiger partial charge in [0.25, 0.3) is 0 Å². The fourth-order valence-electron chi connectivity index (χ4n) is 4.25. The van der Waals surface area contributed by atoms with Crippen molar-refractivity contribution in [1.29, 1.82) is 0 Å². The SMILES string of the molecule is CCCN1CCC(NC(=O)CCc2nc3ccccc3n2-c2ccccc2)CC1. The maximum Gasteiger partial charge on any atom is 0.220 e. The Morgan fingerprint density at radius 1 is 1.07 bits per heavy atom. The summed E-state index contributed by atoms with van der Waals surface area (Å²) in [5, 5.41) is 3.24. The zero-order valence-corrected chi connectivity index (χ0v) is 17.2. The number of piperidine rings is 1. The predicted octanol–water partition coefficient (Wildman–Crippen LogP) is 3.95. The molecule has 4 rings (SSSR count). The topological polar surface area (TPSA) is 50.2 Å². The van der Waals surface area contributed by atoms with Gasteiger partial charge in [-0.25, -0.2) is 4.98 Å². The van der Waals surface area contributed by atoms with E-state index in [1.807, 2.05) is 36.4 Å². The molecule has 2 heterocycles. The molecule has 5 heteroatoms. The summed E-state index contributed by atoms with van der Waals surface area (Å²) in [6.45, 7) is 5.55. The van der Waals surface area contributed by atoms with Gasteiger partial charge in [0.05, 0.1) is 11.0 Å². The fourth-order valence-corrected chi connectivity index (χ4v) is 4.25. The molecule has 0 spiro atoms. The molecule has 3 aromatic rings. The molecule has 1 aliphatic rings. The van der Waals surface area contributed by atoms with Gasteiger partial charge in [-0.05, 0) is 50.1 Å². The smallest absolute Gasteiger partial charge is 0.220 e. The van der Waals surface area contributed by atoms with Crippen LogP contribution in [0.3, 0.4) is 0 Å². The Morgan fingerprint density at radius 3 is 2.55 bits per heavy atom. The first-order valence-electron chi connectivity index (χ1n) is 10.8. The number of imidazole rings is 1. The number of likely N-dealkylation sites (tertiary alicyclic amines) is 1. The molecule has 1 aliphatic heterocycles. The van der Waals surface area contributed by atoms with E-state index in [0.29, 0.717) is 18.9 Å². The van der Waals surface area contributed by atoms with E-state index in [1.165, 1.54) is 6.42 Å². The van der Waals surface area contributed by atoms with Gasteiger partial charge in [0.2, 0.25) is 5.91 Å². The van der Waals surface area contributed by atoms with Crippen molar-refractivity contribution in [2.45, 2.75) is 45.1 Å². The molecular formula is C24H30N4O. The monoisotopic (exact) mass is 390 g/mol. The number of aryl methyl sites for hydroxylation is 1. The van der Waals surface area contributed by atoms with Crippen LogP contribution in [0.4, 0.5) is 0 Å². The molecule has 0 bridgehead atoms. The molecule has 152 valence electrons. The highest BCUT2D eigenvalue weighted by Gasteiger charge is 2.20.